The van der Waals surface area contributed by atoms with Gasteiger partial charge in [0.25, 0.3) is 0 Å². The van der Waals surface area contributed by atoms with Crippen molar-refractivity contribution < 1.29 is 15.0 Å². The summed E-state index contributed by atoms with van der Waals surface area (Å²) in [5.41, 5.74) is 0. The van der Waals surface area contributed by atoms with Crippen LogP contribution in [0.15, 0.2) is 0 Å². The number of hydrogen-bond acceptors (Lipinski definition) is 2. The Morgan fingerprint density at radius 2 is 2.29 bits per heavy atom. The molecular weight excluding hydrogens is 96.0 g/mol. The van der Waals surface area contributed by atoms with E-state index in [0.29, 0.717) is 6.61 Å². The molecule has 0 aliphatic rings. The molecule has 0 bridgehead atoms. The Labute approximate surface area is 41.6 Å². The van der Waals surface area contributed by atoms with Crippen molar-refractivity contribution in [2.75, 3.05) is 0 Å². The largest absolute Gasteiger partial charge is 0.481 e. The first kappa shape index (κ1) is 6.43. The third kappa shape index (κ3) is 2.17. The Hall–Kier alpha value is -0.570. The van der Waals surface area contributed by atoms with Gasteiger partial charge in [0.15, 0.2) is 0 Å². The molecule has 0 aliphatic carbocycles. The standard InChI is InChI=1S/C4H6O3/c1-3(2-5)4(6)7/h2-3,5H,1H2,(H,6,7). The number of hydrogen-bond donors (Lipinski definition) is 2. The molecule has 2 radical (unpaired) electrons. The van der Waals surface area contributed by atoms with Crippen molar-refractivity contribution in [1.82, 2.24) is 0 Å². The van der Waals surface area contributed by atoms with E-state index < -0.39 is 11.9 Å². The maximum Gasteiger partial charge on any atom is 0.309 e. The lowest BCUT2D eigenvalue weighted by molar-refractivity contribution is -0.140. The molecule has 0 aromatic carbocycles. The van der Waals surface area contributed by atoms with E-state index in [1.807, 2.05) is 0 Å². The van der Waals surface area contributed by atoms with Crippen LogP contribution in [0.4, 0.5) is 0 Å². The number of aliphatic carboxylic acids is 1. The molecule has 3 heteroatoms. The number of carboxylic acids is 1. The molecule has 3 nitrogen and oxygen atoms in total. The maximum atomic E-state index is 9.68. The number of aliphatic hydroxyl groups is 1. The summed E-state index contributed by atoms with van der Waals surface area (Å²) in [6.45, 7) is 3.58. The first-order valence-corrected chi connectivity index (χ1v) is 1.72. The highest BCUT2D eigenvalue weighted by Crippen LogP contribution is 1.93. The number of carbonyl (C=O) groups is 1. The Morgan fingerprint density at radius 3 is 2.29 bits per heavy atom. The minimum Gasteiger partial charge on any atom is -0.481 e. The van der Waals surface area contributed by atoms with Crippen LogP contribution in [0.1, 0.15) is 0 Å². The predicted octanol–water partition coefficient (Wildman–Crippen LogP) is 0.0556. The van der Waals surface area contributed by atoms with E-state index in [4.69, 9.17) is 10.2 Å². The van der Waals surface area contributed by atoms with Crippen molar-refractivity contribution in [2.24, 2.45) is 5.92 Å². The summed E-state index contributed by atoms with van der Waals surface area (Å²) in [7, 11) is 0. The van der Waals surface area contributed by atoms with Crippen LogP contribution in [0, 0.1) is 19.4 Å². The van der Waals surface area contributed by atoms with Crippen LogP contribution in [0.25, 0.3) is 0 Å². The van der Waals surface area contributed by atoms with E-state index in [0.717, 1.165) is 0 Å². The lowest BCUT2D eigenvalue weighted by Gasteiger charge is -1.94. The van der Waals surface area contributed by atoms with Gasteiger partial charge in [0.2, 0.25) is 0 Å². The van der Waals surface area contributed by atoms with Crippen LogP contribution in [0.2, 0.25) is 0 Å². The lowest BCUT2D eigenvalue weighted by atomic mass is 10.2. The number of rotatable bonds is 2. The van der Waals surface area contributed by atoms with Crippen LogP contribution in [0.5, 0.6) is 0 Å². The molecule has 0 saturated carbocycles. The summed E-state index contributed by atoms with van der Waals surface area (Å²) >= 11 is 0. The van der Waals surface area contributed by atoms with Gasteiger partial charge in [0.1, 0.15) is 0 Å². The molecule has 0 rings (SSSR count). The topological polar surface area (TPSA) is 57.5 Å². The van der Waals surface area contributed by atoms with Crippen LogP contribution >= 0.6 is 0 Å². The van der Waals surface area contributed by atoms with Crippen molar-refractivity contribution in [3.8, 4) is 0 Å². The normalized spacial score (nSPS) is 13.4. The Balaban J connectivity index is 3.34. The Kier molecular flexibility index (Phi) is 2.37. The second kappa shape index (κ2) is 2.58. The third-order valence-corrected chi connectivity index (χ3v) is 0.497. The van der Waals surface area contributed by atoms with Crippen molar-refractivity contribution in [3.63, 3.8) is 0 Å². The van der Waals surface area contributed by atoms with E-state index in [9.17, 15) is 4.79 Å². The SMILES string of the molecule is [CH2]C([CH]O)C(=O)O. The summed E-state index contributed by atoms with van der Waals surface area (Å²) in [5, 5.41) is 15.9. The van der Waals surface area contributed by atoms with E-state index >= 15 is 0 Å². The zero-order valence-electron chi connectivity index (χ0n) is 3.66. The fourth-order valence-corrected chi connectivity index (χ4v) is 0.0638. The van der Waals surface area contributed by atoms with Crippen molar-refractivity contribution >= 4 is 5.97 Å². The molecule has 0 aromatic rings. The molecule has 2 N–H and O–H groups in total. The average Bonchev–Trinajstić information content (AvgIpc) is 1.65. The van der Waals surface area contributed by atoms with Crippen molar-refractivity contribution in [1.29, 1.82) is 0 Å². The molecule has 40 valence electrons. The fourth-order valence-electron chi connectivity index (χ4n) is 0.0638. The van der Waals surface area contributed by atoms with Gasteiger partial charge in [0, 0.05) is 0 Å². The van der Waals surface area contributed by atoms with E-state index in [2.05, 4.69) is 6.92 Å². The Bertz CT molecular complexity index is 69.3. The summed E-state index contributed by atoms with van der Waals surface area (Å²) < 4.78 is 0. The number of carboxylic acid groups (broad SMARTS) is 1. The third-order valence-electron chi connectivity index (χ3n) is 0.497. The Morgan fingerprint density at radius 1 is 1.86 bits per heavy atom. The van der Waals surface area contributed by atoms with E-state index in [-0.39, 0.29) is 0 Å². The molecule has 0 spiro atoms. The fraction of sp³-hybridized carbons (Fsp3) is 0.250. The van der Waals surface area contributed by atoms with Gasteiger partial charge in [-0.1, -0.05) is 0 Å². The number of aliphatic hydroxyl groups excluding tert-OH is 1. The molecule has 0 saturated heterocycles. The van der Waals surface area contributed by atoms with Crippen LogP contribution < -0.4 is 0 Å². The zero-order valence-corrected chi connectivity index (χ0v) is 3.66. The lowest BCUT2D eigenvalue weighted by Crippen LogP contribution is -2.09. The van der Waals surface area contributed by atoms with Gasteiger partial charge in [0.05, 0.1) is 12.5 Å². The quantitative estimate of drug-likeness (QED) is 0.518. The minimum absolute atomic E-state index is 0.530. The monoisotopic (exact) mass is 102 g/mol. The molecular formula is C4H6O3. The highest BCUT2D eigenvalue weighted by atomic mass is 16.4. The van der Waals surface area contributed by atoms with Gasteiger partial charge in [-0.2, -0.15) is 0 Å². The molecule has 1 atom stereocenters. The zero-order chi connectivity index (χ0) is 5.86. The first-order chi connectivity index (χ1) is 3.18. The van der Waals surface area contributed by atoms with E-state index in [1.165, 1.54) is 0 Å². The molecule has 0 amide bonds. The first-order valence-electron chi connectivity index (χ1n) is 1.72. The van der Waals surface area contributed by atoms with Gasteiger partial charge in [-0.3, -0.25) is 4.79 Å². The van der Waals surface area contributed by atoms with Crippen LogP contribution in [-0.4, -0.2) is 16.2 Å². The molecule has 0 aliphatic heterocycles. The average molecular weight is 102 g/mol. The van der Waals surface area contributed by atoms with Gasteiger partial charge in [-0.15, -0.1) is 0 Å². The van der Waals surface area contributed by atoms with Crippen molar-refractivity contribution in [2.45, 2.75) is 0 Å². The maximum absolute atomic E-state index is 9.68. The smallest absolute Gasteiger partial charge is 0.309 e. The van der Waals surface area contributed by atoms with Crippen LogP contribution in [0.3, 0.4) is 0 Å². The highest BCUT2D eigenvalue weighted by Gasteiger charge is 2.07. The van der Waals surface area contributed by atoms with Gasteiger partial charge in [-0.25, -0.2) is 0 Å². The van der Waals surface area contributed by atoms with Crippen LogP contribution in [-0.2, 0) is 4.79 Å². The van der Waals surface area contributed by atoms with Gasteiger partial charge >= 0.3 is 5.97 Å². The molecule has 1 unspecified atom stereocenters. The van der Waals surface area contributed by atoms with Gasteiger partial charge in [-0.05, 0) is 6.92 Å². The van der Waals surface area contributed by atoms with E-state index in [1.54, 1.807) is 0 Å². The highest BCUT2D eigenvalue weighted by molar-refractivity contribution is 5.71. The molecule has 0 heterocycles. The van der Waals surface area contributed by atoms with Gasteiger partial charge < -0.3 is 10.2 Å². The minimum atomic E-state index is -1.12. The summed E-state index contributed by atoms with van der Waals surface area (Å²) in [6.07, 6.45) is 0. The second-order valence-corrected chi connectivity index (χ2v) is 1.09. The molecule has 7 heavy (non-hydrogen) atoms. The summed E-state index contributed by atoms with van der Waals surface area (Å²) in [5.74, 6) is -2.12. The summed E-state index contributed by atoms with van der Waals surface area (Å²) in [6, 6.07) is 0. The predicted molar refractivity (Wildman–Crippen MR) is 22.7 cm³/mol. The van der Waals surface area contributed by atoms with Crippen molar-refractivity contribution in [3.05, 3.63) is 13.5 Å². The molecule has 0 fully saturated rings. The second-order valence-electron chi connectivity index (χ2n) is 1.09. The molecule has 0 aromatic heterocycles. The summed E-state index contributed by atoms with van der Waals surface area (Å²) in [4.78, 5) is 9.68.